The van der Waals surface area contributed by atoms with Crippen LogP contribution in [0.5, 0.6) is 5.75 Å². The molecule has 0 saturated carbocycles. The summed E-state index contributed by atoms with van der Waals surface area (Å²) in [5, 5.41) is 9.42. The summed E-state index contributed by atoms with van der Waals surface area (Å²) in [5.74, 6) is -0.730. The number of benzene rings is 2. The normalized spacial score (nSPS) is 10.4. The summed E-state index contributed by atoms with van der Waals surface area (Å²) in [4.78, 5) is 13.8. The average molecular weight is 353 g/mol. The Bertz CT molecular complexity index is 691. The molecule has 0 aliphatic carbocycles. The van der Waals surface area contributed by atoms with Gasteiger partial charge in [0.05, 0.1) is 11.3 Å². The third-order valence-corrected chi connectivity index (χ3v) is 3.65. The number of nitrogen functional groups attached to an aromatic ring is 1. The van der Waals surface area contributed by atoms with Gasteiger partial charge in [0.2, 0.25) is 0 Å². The highest BCUT2D eigenvalue weighted by atomic mass is 79.9. The Morgan fingerprint density at radius 2 is 2.10 bits per heavy atom. The molecule has 2 rings (SSSR count). The van der Waals surface area contributed by atoms with E-state index in [1.165, 1.54) is 17.0 Å². The summed E-state index contributed by atoms with van der Waals surface area (Å²) in [6, 6.07) is 9.12. The van der Waals surface area contributed by atoms with Gasteiger partial charge in [0.1, 0.15) is 11.6 Å². The highest BCUT2D eigenvalue weighted by Gasteiger charge is 2.17. The molecule has 1 amide bonds. The van der Waals surface area contributed by atoms with Gasteiger partial charge in [0.15, 0.2) is 0 Å². The second-order valence-electron chi connectivity index (χ2n) is 4.68. The van der Waals surface area contributed by atoms with Crippen molar-refractivity contribution in [3.8, 4) is 5.75 Å². The molecule has 0 aliphatic rings. The minimum Gasteiger partial charge on any atom is -0.508 e. The SMILES string of the molecule is CN(Cc1cccc(O)c1)C(=O)c1cc(N)c(F)cc1Br. The first kappa shape index (κ1) is 15.3. The standard InChI is InChI=1S/C15H14BrFN2O2/c1-19(8-9-3-2-4-10(20)5-9)15(21)11-6-14(18)13(17)7-12(11)16/h2-7,20H,8,18H2,1H3. The van der Waals surface area contributed by atoms with Crippen LogP contribution in [-0.4, -0.2) is 23.0 Å². The molecule has 0 heterocycles. The number of phenols is 1. The maximum Gasteiger partial charge on any atom is 0.255 e. The van der Waals surface area contributed by atoms with Gasteiger partial charge in [-0.3, -0.25) is 4.79 Å². The number of hydrogen-bond donors (Lipinski definition) is 2. The van der Waals surface area contributed by atoms with Crippen molar-refractivity contribution >= 4 is 27.5 Å². The van der Waals surface area contributed by atoms with Crippen LogP contribution < -0.4 is 5.73 Å². The van der Waals surface area contributed by atoms with E-state index in [0.717, 1.165) is 5.56 Å². The van der Waals surface area contributed by atoms with Gasteiger partial charge in [-0.05, 0) is 45.8 Å². The number of halogens is 2. The smallest absolute Gasteiger partial charge is 0.255 e. The number of aromatic hydroxyl groups is 1. The lowest BCUT2D eigenvalue weighted by molar-refractivity contribution is 0.0784. The van der Waals surface area contributed by atoms with Crippen molar-refractivity contribution in [2.24, 2.45) is 0 Å². The van der Waals surface area contributed by atoms with Crippen molar-refractivity contribution < 1.29 is 14.3 Å². The highest BCUT2D eigenvalue weighted by Crippen LogP contribution is 2.24. The van der Waals surface area contributed by atoms with Gasteiger partial charge >= 0.3 is 0 Å². The lowest BCUT2D eigenvalue weighted by Gasteiger charge is -2.18. The van der Waals surface area contributed by atoms with Gasteiger partial charge in [0.25, 0.3) is 5.91 Å². The number of amides is 1. The third-order valence-electron chi connectivity index (χ3n) is 2.99. The lowest BCUT2D eigenvalue weighted by atomic mass is 10.1. The zero-order chi connectivity index (χ0) is 15.6. The van der Waals surface area contributed by atoms with Gasteiger partial charge in [-0.2, -0.15) is 0 Å². The van der Waals surface area contributed by atoms with Crippen molar-refractivity contribution in [3.05, 3.63) is 57.8 Å². The highest BCUT2D eigenvalue weighted by molar-refractivity contribution is 9.10. The molecule has 21 heavy (non-hydrogen) atoms. The van der Waals surface area contributed by atoms with Crippen LogP contribution >= 0.6 is 15.9 Å². The zero-order valence-corrected chi connectivity index (χ0v) is 12.9. The van der Waals surface area contributed by atoms with Gasteiger partial charge in [0, 0.05) is 18.1 Å². The maximum atomic E-state index is 13.3. The number of carbonyl (C=O) groups is 1. The summed E-state index contributed by atoms with van der Waals surface area (Å²) in [6.07, 6.45) is 0. The van der Waals surface area contributed by atoms with Crippen LogP contribution in [0.1, 0.15) is 15.9 Å². The van der Waals surface area contributed by atoms with Gasteiger partial charge in [-0.15, -0.1) is 0 Å². The van der Waals surface area contributed by atoms with Crippen molar-refractivity contribution in [2.45, 2.75) is 6.54 Å². The number of nitrogens with two attached hydrogens (primary N) is 1. The van der Waals surface area contributed by atoms with Crippen molar-refractivity contribution in [1.82, 2.24) is 4.90 Å². The van der Waals surface area contributed by atoms with Crippen LogP contribution in [0, 0.1) is 5.82 Å². The molecule has 2 aromatic carbocycles. The summed E-state index contributed by atoms with van der Waals surface area (Å²) < 4.78 is 13.7. The van der Waals surface area contributed by atoms with E-state index in [1.54, 1.807) is 31.3 Å². The van der Waals surface area contributed by atoms with Crippen molar-refractivity contribution in [2.75, 3.05) is 12.8 Å². The van der Waals surface area contributed by atoms with E-state index in [9.17, 15) is 14.3 Å². The summed E-state index contributed by atoms with van der Waals surface area (Å²) in [6.45, 7) is 0.316. The minimum atomic E-state index is -0.575. The molecule has 0 spiro atoms. The molecule has 0 fully saturated rings. The molecule has 0 bridgehead atoms. The number of nitrogens with zero attached hydrogens (tertiary/aromatic N) is 1. The molecule has 3 N–H and O–H groups in total. The second kappa shape index (κ2) is 6.13. The molecule has 110 valence electrons. The molecular weight excluding hydrogens is 339 g/mol. The fourth-order valence-corrected chi connectivity index (χ4v) is 2.42. The molecule has 0 aromatic heterocycles. The largest absolute Gasteiger partial charge is 0.508 e. The van der Waals surface area contributed by atoms with Gasteiger partial charge in [-0.1, -0.05) is 12.1 Å². The second-order valence-corrected chi connectivity index (χ2v) is 5.54. The molecule has 0 saturated heterocycles. The summed E-state index contributed by atoms with van der Waals surface area (Å²) >= 11 is 3.16. The molecule has 0 unspecified atom stereocenters. The molecule has 2 aromatic rings. The van der Waals surface area contributed by atoms with Crippen LogP contribution in [0.15, 0.2) is 40.9 Å². The van der Waals surface area contributed by atoms with Crippen LogP contribution in [-0.2, 0) is 6.54 Å². The Balaban J connectivity index is 2.22. The lowest BCUT2D eigenvalue weighted by Crippen LogP contribution is -2.26. The Morgan fingerprint density at radius 1 is 1.38 bits per heavy atom. The predicted octanol–water partition coefficient (Wildman–Crippen LogP) is 3.15. The van der Waals surface area contributed by atoms with Crippen molar-refractivity contribution in [3.63, 3.8) is 0 Å². The number of carbonyl (C=O) groups excluding carboxylic acids is 1. The summed E-state index contributed by atoms with van der Waals surface area (Å²) in [5.41, 5.74) is 6.50. The maximum absolute atomic E-state index is 13.3. The number of anilines is 1. The average Bonchev–Trinajstić information content (AvgIpc) is 2.42. The fourth-order valence-electron chi connectivity index (χ4n) is 1.94. The number of rotatable bonds is 3. The quantitative estimate of drug-likeness (QED) is 0.833. The molecular formula is C15H14BrFN2O2. The van der Waals surface area contributed by atoms with E-state index in [1.807, 2.05) is 0 Å². The fraction of sp³-hybridized carbons (Fsp3) is 0.133. The first-order chi connectivity index (χ1) is 9.88. The first-order valence-electron chi connectivity index (χ1n) is 6.16. The number of hydrogen-bond acceptors (Lipinski definition) is 3. The molecule has 0 aliphatic heterocycles. The van der Waals surface area contributed by atoms with E-state index in [4.69, 9.17) is 5.73 Å². The van der Waals surface area contributed by atoms with Crippen LogP contribution in [0.4, 0.5) is 10.1 Å². The third kappa shape index (κ3) is 3.52. The zero-order valence-electron chi connectivity index (χ0n) is 11.3. The predicted molar refractivity (Wildman–Crippen MR) is 82.4 cm³/mol. The monoisotopic (exact) mass is 352 g/mol. The van der Waals surface area contributed by atoms with E-state index in [0.29, 0.717) is 11.0 Å². The van der Waals surface area contributed by atoms with Gasteiger partial charge in [-0.25, -0.2) is 4.39 Å². The Labute approximate surface area is 130 Å². The van der Waals surface area contributed by atoms with E-state index in [-0.39, 0.29) is 22.9 Å². The molecule has 0 radical (unpaired) electrons. The molecule has 4 nitrogen and oxygen atoms in total. The molecule has 0 atom stereocenters. The minimum absolute atomic E-state index is 0.0766. The van der Waals surface area contributed by atoms with E-state index in [2.05, 4.69) is 15.9 Å². The first-order valence-corrected chi connectivity index (χ1v) is 6.95. The van der Waals surface area contributed by atoms with E-state index >= 15 is 0 Å². The van der Waals surface area contributed by atoms with Crippen LogP contribution in [0.2, 0.25) is 0 Å². The summed E-state index contributed by atoms with van der Waals surface area (Å²) in [7, 11) is 1.62. The van der Waals surface area contributed by atoms with Crippen LogP contribution in [0.3, 0.4) is 0 Å². The Morgan fingerprint density at radius 3 is 2.76 bits per heavy atom. The molecule has 6 heteroatoms. The van der Waals surface area contributed by atoms with Gasteiger partial charge < -0.3 is 15.7 Å². The number of phenolic OH excluding ortho intramolecular Hbond substituents is 1. The van der Waals surface area contributed by atoms with Crippen LogP contribution in [0.25, 0.3) is 0 Å². The van der Waals surface area contributed by atoms with Crippen molar-refractivity contribution in [1.29, 1.82) is 0 Å². The topological polar surface area (TPSA) is 66.6 Å². The van der Waals surface area contributed by atoms with E-state index < -0.39 is 5.82 Å². The Kier molecular flexibility index (Phi) is 4.47. The Hall–Kier alpha value is -2.08.